The van der Waals surface area contributed by atoms with Crippen LogP contribution in [0.15, 0.2) is 42.5 Å². The van der Waals surface area contributed by atoms with Crippen LogP contribution in [0.4, 0.5) is 11.4 Å². The topological polar surface area (TPSA) is 68.6 Å². The average molecular weight is 455 g/mol. The Morgan fingerprint density at radius 1 is 1.16 bits per heavy atom. The van der Waals surface area contributed by atoms with Gasteiger partial charge < -0.3 is 15.0 Å². The lowest BCUT2D eigenvalue weighted by atomic mass is 10.0. The van der Waals surface area contributed by atoms with E-state index in [4.69, 9.17) is 33.8 Å². The Kier molecular flexibility index (Phi) is 5.89. The molecule has 2 saturated heterocycles. The standard InChI is InChI=1S/C23H23ClN4O2S/c1-23(2)21(29)27(17-4-3-15(14-25)20(24)13-17)22(31)28(23)16-5-7-18(8-6-16)30-19-9-11-26-12-10-19/h3-8,13,19,26H,9-12H2,1-2H3. The Morgan fingerprint density at radius 3 is 2.42 bits per heavy atom. The van der Waals surface area contributed by atoms with Crippen molar-refractivity contribution >= 4 is 46.2 Å². The van der Waals surface area contributed by atoms with Crippen LogP contribution >= 0.6 is 23.8 Å². The number of hydrogen-bond acceptors (Lipinski definition) is 5. The largest absolute Gasteiger partial charge is 0.490 e. The van der Waals surface area contributed by atoms with Crippen molar-refractivity contribution < 1.29 is 9.53 Å². The van der Waals surface area contributed by atoms with Crippen molar-refractivity contribution in [1.29, 1.82) is 5.26 Å². The fraction of sp³-hybridized carbons (Fsp3) is 0.348. The molecular formula is C23H23ClN4O2S. The van der Waals surface area contributed by atoms with E-state index >= 15 is 0 Å². The zero-order chi connectivity index (χ0) is 22.2. The van der Waals surface area contributed by atoms with Crippen LogP contribution in [0.5, 0.6) is 5.75 Å². The van der Waals surface area contributed by atoms with Crippen LogP contribution in [0.25, 0.3) is 0 Å². The minimum atomic E-state index is -0.880. The maximum absolute atomic E-state index is 13.3. The number of ether oxygens (including phenoxy) is 1. The molecule has 160 valence electrons. The molecule has 8 heteroatoms. The van der Waals surface area contributed by atoms with Crippen molar-refractivity contribution in [3.63, 3.8) is 0 Å². The van der Waals surface area contributed by atoms with Crippen LogP contribution in [-0.4, -0.2) is 35.8 Å². The maximum Gasteiger partial charge on any atom is 0.259 e. The summed E-state index contributed by atoms with van der Waals surface area (Å²) in [5, 5.41) is 13.1. The highest BCUT2D eigenvalue weighted by atomic mass is 35.5. The molecule has 0 bridgehead atoms. The first-order valence-corrected chi connectivity index (χ1v) is 11.0. The molecule has 0 unspecified atom stereocenters. The maximum atomic E-state index is 13.3. The van der Waals surface area contributed by atoms with Crippen molar-refractivity contribution in [2.45, 2.75) is 38.3 Å². The monoisotopic (exact) mass is 454 g/mol. The van der Waals surface area contributed by atoms with Crippen molar-refractivity contribution in [2.24, 2.45) is 0 Å². The van der Waals surface area contributed by atoms with Gasteiger partial charge in [0.25, 0.3) is 5.91 Å². The molecule has 4 rings (SSSR count). The number of halogens is 1. The molecular weight excluding hydrogens is 432 g/mol. The highest BCUT2D eigenvalue weighted by molar-refractivity contribution is 7.81. The minimum Gasteiger partial charge on any atom is -0.490 e. The van der Waals surface area contributed by atoms with Crippen LogP contribution < -0.4 is 19.9 Å². The predicted molar refractivity (Wildman–Crippen MR) is 126 cm³/mol. The van der Waals surface area contributed by atoms with Crippen molar-refractivity contribution in [1.82, 2.24) is 5.32 Å². The Labute approximate surface area is 192 Å². The summed E-state index contributed by atoms with van der Waals surface area (Å²) in [6.45, 7) is 5.62. The second kappa shape index (κ2) is 8.46. The number of nitrogens with one attached hydrogen (secondary N) is 1. The third kappa shape index (κ3) is 3.99. The smallest absolute Gasteiger partial charge is 0.259 e. The Hall–Kier alpha value is -2.66. The van der Waals surface area contributed by atoms with Gasteiger partial charge in [0.2, 0.25) is 0 Å². The van der Waals surface area contributed by atoms with E-state index in [0.29, 0.717) is 16.4 Å². The fourth-order valence-electron chi connectivity index (χ4n) is 3.97. The zero-order valence-corrected chi connectivity index (χ0v) is 19.0. The first kappa shape index (κ1) is 21.6. The number of carbonyl (C=O) groups excluding carboxylic acids is 1. The quantitative estimate of drug-likeness (QED) is 0.696. The van der Waals surface area contributed by atoms with Crippen LogP contribution in [0.1, 0.15) is 32.3 Å². The summed E-state index contributed by atoms with van der Waals surface area (Å²) in [4.78, 5) is 16.6. The number of nitriles is 1. The predicted octanol–water partition coefficient (Wildman–Crippen LogP) is 4.26. The molecule has 0 radical (unpaired) electrons. The van der Waals surface area contributed by atoms with Crippen molar-refractivity contribution in [3.8, 4) is 11.8 Å². The Bertz CT molecular complexity index is 1060. The second-order valence-corrected chi connectivity index (χ2v) is 8.93. The lowest BCUT2D eigenvalue weighted by Crippen LogP contribution is -2.44. The summed E-state index contributed by atoms with van der Waals surface area (Å²) in [6.07, 6.45) is 2.19. The molecule has 0 atom stereocenters. The molecule has 2 aromatic rings. The Morgan fingerprint density at radius 2 is 1.81 bits per heavy atom. The first-order valence-electron chi connectivity index (χ1n) is 10.2. The van der Waals surface area contributed by atoms with E-state index < -0.39 is 5.54 Å². The third-order valence-electron chi connectivity index (χ3n) is 5.68. The molecule has 2 aliphatic heterocycles. The van der Waals surface area contributed by atoms with E-state index in [0.717, 1.165) is 37.4 Å². The number of rotatable bonds is 4. The number of amides is 1. The summed E-state index contributed by atoms with van der Waals surface area (Å²) in [7, 11) is 0. The molecule has 2 aromatic carbocycles. The molecule has 0 saturated carbocycles. The highest BCUT2D eigenvalue weighted by Gasteiger charge is 2.50. The van der Waals surface area contributed by atoms with Crippen molar-refractivity contribution in [3.05, 3.63) is 53.1 Å². The van der Waals surface area contributed by atoms with Gasteiger partial charge in [-0.05, 0) is 94.5 Å². The third-order valence-corrected chi connectivity index (χ3v) is 6.36. The molecule has 2 fully saturated rings. The Balaban J connectivity index is 1.59. The molecule has 0 spiro atoms. The number of thiocarbonyl (C=S) groups is 1. The van der Waals surface area contributed by atoms with Gasteiger partial charge in [0.15, 0.2) is 5.11 Å². The number of carbonyl (C=O) groups is 1. The van der Waals surface area contributed by atoms with E-state index in [1.165, 1.54) is 4.90 Å². The van der Waals surface area contributed by atoms with Crippen LogP contribution in [0, 0.1) is 11.3 Å². The van der Waals surface area contributed by atoms with E-state index in [2.05, 4.69) is 5.32 Å². The summed E-state index contributed by atoms with van der Waals surface area (Å²) in [5.74, 6) is 0.647. The van der Waals surface area contributed by atoms with E-state index in [9.17, 15) is 4.79 Å². The minimum absolute atomic E-state index is 0.159. The van der Waals surface area contributed by atoms with E-state index in [1.54, 1.807) is 18.2 Å². The van der Waals surface area contributed by atoms with E-state index in [-0.39, 0.29) is 17.0 Å². The molecule has 2 heterocycles. The molecule has 6 nitrogen and oxygen atoms in total. The molecule has 31 heavy (non-hydrogen) atoms. The van der Waals surface area contributed by atoms with Crippen LogP contribution in [0.2, 0.25) is 5.02 Å². The van der Waals surface area contributed by atoms with Crippen molar-refractivity contribution in [2.75, 3.05) is 22.9 Å². The first-order chi connectivity index (χ1) is 14.8. The van der Waals surface area contributed by atoms with Crippen LogP contribution in [-0.2, 0) is 4.79 Å². The van der Waals surface area contributed by atoms with Gasteiger partial charge >= 0.3 is 0 Å². The lowest BCUT2D eigenvalue weighted by molar-refractivity contribution is -0.120. The van der Waals surface area contributed by atoms with E-state index in [1.807, 2.05) is 49.1 Å². The zero-order valence-electron chi connectivity index (χ0n) is 17.4. The molecule has 0 aliphatic carbocycles. The number of anilines is 2. The van der Waals surface area contributed by atoms with Gasteiger partial charge in [-0.15, -0.1) is 0 Å². The summed E-state index contributed by atoms with van der Waals surface area (Å²) in [6, 6.07) is 14.6. The number of piperidine rings is 1. The van der Waals surface area contributed by atoms with Crippen LogP contribution in [0.3, 0.4) is 0 Å². The number of benzene rings is 2. The second-order valence-electron chi connectivity index (χ2n) is 8.15. The SMILES string of the molecule is CC1(C)C(=O)N(c2ccc(C#N)c(Cl)c2)C(=S)N1c1ccc(OC2CCNCC2)cc1. The van der Waals surface area contributed by atoms with Gasteiger partial charge in [-0.2, -0.15) is 5.26 Å². The lowest BCUT2D eigenvalue weighted by Gasteiger charge is -2.30. The van der Waals surface area contributed by atoms with Gasteiger partial charge in [0.05, 0.1) is 16.3 Å². The molecule has 1 N–H and O–H groups in total. The van der Waals surface area contributed by atoms with Gasteiger partial charge in [0, 0.05) is 5.69 Å². The summed E-state index contributed by atoms with van der Waals surface area (Å²) in [5.41, 5.74) is 0.821. The van der Waals surface area contributed by atoms with Gasteiger partial charge in [0.1, 0.15) is 23.5 Å². The summed E-state index contributed by atoms with van der Waals surface area (Å²) >= 11 is 11.9. The normalized spacial score (nSPS) is 18.9. The van der Waals surface area contributed by atoms with Gasteiger partial charge in [-0.25, -0.2) is 0 Å². The molecule has 0 aromatic heterocycles. The highest BCUT2D eigenvalue weighted by Crippen LogP contribution is 2.38. The van der Waals surface area contributed by atoms with Gasteiger partial charge in [-0.3, -0.25) is 9.69 Å². The molecule has 2 aliphatic rings. The van der Waals surface area contributed by atoms with Gasteiger partial charge in [-0.1, -0.05) is 11.6 Å². The number of hydrogen-bond donors (Lipinski definition) is 1. The fourth-order valence-corrected chi connectivity index (χ4v) is 4.71. The molecule has 1 amide bonds. The summed E-state index contributed by atoms with van der Waals surface area (Å²) < 4.78 is 6.09. The average Bonchev–Trinajstić information content (AvgIpc) is 2.93. The number of nitrogens with zero attached hydrogens (tertiary/aromatic N) is 3.